The Morgan fingerprint density at radius 2 is 2.08 bits per heavy atom. The lowest BCUT2D eigenvalue weighted by atomic mass is 9.81. The van der Waals surface area contributed by atoms with Gasteiger partial charge in [0.2, 0.25) is 5.67 Å². The zero-order valence-corrected chi connectivity index (χ0v) is 13.7. The molecule has 0 saturated carbocycles. The molecule has 2 atom stereocenters. The van der Waals surface area contributed by atoms with Crippen molar-refractivity contribution in [2.45, 2.75) is 31.2 Å². The van der Waals surface area contributed by atoms with Crippen LogP contribution in [-0.4, -0.2) is 16.0 Å². The molecule has 1 aromatic carbocycles. The van der Waals surface area contributed by atoms with Crippen molar-refractivity contribution in [3.05, 3.63) is 63.9 Å². The maximum Gasteiger partial charge on any atom is 0.262 e. The second-order valence-corrected chi connectivity index (χ2v) is 6.17. The van der Waals surface area contributed by atoms with E-state index in [-0.39, 0.29) is 29.7 Å². The van der Waals surface area contributed by atoms with Gasteiger partial charge in [-0.3, -0.25) is 9.78 Å². The number of hydrogen-bond donors (Lipinski definition) is 2. The summed E-state index contributed by atoms with van der Waals surface area (Å²) in [6.45, 7) is -0.467. The molecule has 1 aromatic heterocycles. The van der Waals surface area contributed by atoms with Gasteiger partial charge < -0.3 is 10.4 Å². The van der Waals surface area contributed by atoms with Gasteiger partial charge in [0.1, 0.15) is 11.6 Å². The van der Waals surface area contributed by atoms with Crippen molar-refractivity contribution < 1.29 is 23.1 Å². The number of carbonyl (C=O) groups is 1. The van der Waals surface area contributed by atoms with Gasteiger partial charge in [0.05, 0.1) is 16.8 Å². The molecule has 2 N–H and O–H groups in total. The number of nitrogens with zero attached hydrogens (tertiary/aromatic N) is 1. The molecule has 8 heteroatoms. The first kappa shape index (κ1) is 17.7. The molecule has 0 spiro atoms. The highest BCUT2D eigenvalue weighted by Crippen LogP contribution is 2.42. The normalized spacial score (nSPS) is 22.4. The number of halogens is 4. The number of aromatic nitrogens is 1. The van der Waals surface area contributed by atoms with Crippen LogP contribution in [0.3, 0.4) is 0 Å². The van der Waals surface area contributed by atoms with Crippen LogP contribution in [0.1, 0.15) is 35.8 Å². The monoisotopic (exact) mass is 370 g/mol. The number of carbonyl (C=O) groups excluding carboxylic acids is 1. The lowest BCUT2D eigenvalue weighted by molar-refractivity contribution is -0.135. The highest BCUT2D eigenvalue weighted by molar-refractivity contribution is 6.31. The summed E-state index contributed by atoms with van der Waals surface area (Å²) in [5, 5.41) is 11.7. The van der Waals surface area contributed by atoms with Gasteiger partial charge >= 0.3 is 0 Å². The van der Waals surface area contributed by atoms with E-state index < -0.39 is 40.9 Å². The topological polar surface area (TPSA) is 62.2 Å². The molecular formula is C17H14ClF3N2O2. The molecule has 0 bridgehead atoms. The molecule has 3 rings (SSSR count). The third kappa shape index (κ3) is 3.09. The first-order chi connectivity index (χ1) is 11.8. The van der Waals surface area contributed by atoms with E-state index in [0.29, 0.717) is 0 Å². The molecule has 2 aromatic rings. The largest absolute Gasteiger partial charge is 0.387 e. The minimum atomic E-state index is -2.42. The molecule has 1 heterocycles. The number of alkyl halides is 1. The van der Waals surface area contributed by atoms with Crippen LogP contribution in [0.5, 0.6) is 0 Å². The predicted molar refractivity (Wildman–Crippen MR) is 84.4 cm³/mol. The van der Waals surface area contributed by atoms with Gasteiger partial charge in [0, 0.05) is 23.9 Å². The fourth-order valence-electron chi connectivity index (χ4n) is 2.90. The molecule has 25 heavy (non-hydrogen) atoms. The third-order valence-electron chi connectivity index (χ3n) is 4.27. The van der Waals surface area contributed by atoms with E-state index in [9.17, 15) is 18.7 Å². The third-order valence-corrected chi connectivity index (χ3v) is 4.68. The Morgan fingerprint density at radius 1 is 1.36 bits per heavy atom. The van der Waals surface area contributed by atoms with E-state index in [1.807, 2.05) is 0 Å². The second kappa shape index (κ2) is 6.65. The van der Waals surface area contributed by atoms with Gasteiger partial charge in [0.15, 0.2) is 0 Å². The van der Waals surface area contributed by atoms with Crippen LogP contribution in [-0.2, 0) is 17.0 Å². The summed E-state index contributed by atoms with van der Waals surface area (Å²) in [7, 11) is 0. The van der Waals surface area contributed by atoms with Crippen LogP contribution in [0.15, 0.2) is 30.5 Å². The summed E-state index contributed by atoms with van der Waals surface area (Å²) in [4.78, 5) is 16.4. The summed E-state index contributed by atoms with van der Waals surface area (Å²) in [6.07, 6.45) is 0.206. The zero-order valence-electron chi connectivity index (χ0n) is 12.9. The molecule has 0 fully saturated rings. The first-order valence-electron chi connectivity index (χ1n) is 7.57. The number of rotatable bonds is 3. The van der Waals surface area contributed by atoms with E-state index in [0.717, 1.165) is 12.1 Å². The summed E-state index contributed by atoms with van der Waals surface area (Å²) < 4.78 is 42.6. The van der Waals surface area contributed by atoms with Crippen LogP contribution in [0, 0.1) is 11.6 Å². The molecule has 0 unspecified atom stereocenters. The Kier molecular flexibility index (Phi) is 4.71. The summed E-state index contributed by atoms with van der Waals surface area (Å²) in [5.74, 6) is -2.66. The van der Waals surface area contributed by atoms with Gasteiger partial charge in [-0.2, -0.15) is 0 Å². The van der Waals surface area contributed by atoms with Crippen molar-refractivity contribution in [3.8, 4) is 0 Å². The molecule has 1 aliphatic rings. The summed E-state index contributed by atoms with van der Waals surface area (Å²) in [6, 6.07) is 4.58. The Balaban J connectivity index is 1.85. The average molecular weight is 371 g/mol. The van der Waals surface area contributed by atoms with Crippen molar-refractivity contribution in [1.82, 2.24) is 10.3 Å². The number of fused-ring (bicyclic) bond motifs is 1. The van der Waals surface area contributed by atoms with E-state index >= 15 is 4.39 Å². The van der Waals surface area contributed by atoms with E-state index in [2.05, 4.69) is 10.3 Å². The van der Waals surface area contributed by atoms with E-state index in [4.69, 9.17) is 11.6 Å². The lowest BCUT2D eigenvalue weighted by Crippen LogP contribution is -2.44. The maximum atomic E-state index is 15.4. The molecule has 4 nitrogen and oxygen atoms in total. The molecular weight excluding hydrogens is 357 g/mol. The van der Waals surface area contributed by atoms with E-state index in [1.165, 1.54) is 18.3 Å². The number of aliphatic hydroxyl groups excluding tert-OH is 1. The lowest BCUT2D eigenvalue weighted by Gasteiger charge is -2.32. The van der Waals surface area contributed by atoms with Crippen LogP contribution in [0.25, 0.3) is 0 Å². The highest BCUT2D eigenvalue weighted by atomic mass is 35.5. The minimum absolute atomic E-state index is 0.0169. The fraction of sp³-hybridized carbons (Fsp3) is 0.294. The Morgan fingerprint density at radius 3 is 2.84 bits per heavy atom. The minimum Gasteiger partial charge on any atom is -0.387 e. The molecule has 1 amide bonds. The quantitative estimate of drug-likeness (QED) is 0.815. The number of amides is 1. The SMILES string of the molecule is O=C(NCc1c(F)ccc(F)c1Cl)[C@]1(F)CC[C@H](O)c2ncccc21. The number of hydrogen-bond acceptors (Lipinski definition) is 3. The smallest absolute Gasteiger partial charge is 0.262 e. The summed E-state index contributed by atoms with van der Waals surface area (Å²) in [5.41, 5.74) is -2.61. The van der Waals surface area contributed by atoms with Gasteiger partial charge in [-0.1, -0.05) is 17.7 Å². The molecule has 0 aliphatic heterocycles. The van der Waals surface area contributed by atoms with Crippen molar-refractivity contribution in [1.29, 1.82) is 0 Å². The fourth-order valence-corrected chi connectivity index (χ4v) is 3.12. The van der Waals surface area contributed by atoms with E-state index in [1.54, 1.807) is 0 Å². The molecule has 0 saturated heterocycles. The van der Waals surface area contributed by atoms with Crippen molar-refractivity contribution in [2.75, 3.05) is 0 Å². The van der Waals surface area contributed by atoms with Crippen molar-refractivity contribution >= 4 is 17.5 Å². The standard InChI is InChI=1S/C17H14ClF3N2O2/c18-14-9(11(19)3-4-12(14)20)8-23-16(25)17(21)6-5-13(24)15-10(17)2-1-7-22-15/h1-4,7,13,24H,5-6,8H2,(H,23,25)/t13-,17-/m0/s1. The second-order valence-electron chi connectivity index (χ2n) is 5.80. The van der Waals surface area contributed by atoms with Crippen LogP contribution in [0.4, 0.5) is 13.2 Å². The molecule has 0 radical (unpaired) electrons. The first-order valence-corrected chi connectivity index (χ1v) is 7.95. The van der Waals surface area contributed by atoms with Crippen LogP contribution in [0.2, 0.25) is 5.02 Å². The Labute approximate surface area is 146 Å². The maximum absolute atomic E-state index is 15.4. The van der Waals surface area contributed by atoms with Gasteiger partial charge in [-0.15, -0.1) is 0 Å². The van der Waals surface area contributed by atoms with Gasteiger partial charge in [-0.05, 0) is 31.0 Å². The predicted octanol–water partition coefficient (Wildman–Crippen LogP) is 3.32. The highest BCUT2D eigenvalue weighted by Gasteiger charge is 2.46. The van der Waals surface area contributed by atoms with Crippen LogP contribution >= 0.6 is 11.6 Å². The molecule has 132 valence electrons. The zero-order chi connectivity index (χ0) is 18.2. The van der Waals surface area contributed by atoms with Gasteiger partial charge in [-0.25, -0.2) is 13.2 Å². The average Bonchev–Trinajstić information content (AvgIpc) is 2.61. The van der Waals surface area contributed by atoms with Gasteiger partial charge in [0.25, 0.3) is 5.91 Å². The summed E-state index contributed by atoms with van der Waals surface area (Å²) >= 11 is 5.70. The Hall–Kier alpha value is -2.12. The van der Waals surface area contributed by atoms with Crippen LogP contribution < -0.4 is 5.32 Å². The number of nitrogens with one attached hydrogen (secondary N) is 1. The van der Waals surface area contributed by atoms with Crippen molar-refractivity contribution in [3.63, 3.8) is 0 Å². The number of aliphatic hydroxyl groups is 1. The van der Waals surface area contributed by atoms with Crippen molar-refractivity contribution in [2.24, 2.45) is 0 Å². The molecule has 1 aliphatic carbocycles. The number of benzene rings is 1. The Bertz CT molecular complexity index is 834. The number of pyridine rings is 1.